The average Bonchev–Trinajstić information content (AvgIpc) is 3.31. The van der Waals surface area contributed by atoms with Crippen LogP contribution in [0.25, 0.3) is 16.6 Å². The maximum atomic E-state index is 12.1. The van der Waals surface area contributed by atoms with E-state index in [0.29, 0.717) is 16.6 Å². The number of nitrogens with one attached hydrogen (secondary N) is 1. The lowest BCUT2D eigenvalue weighted by molar-refractivity contribution is -0.111. The number of rotatable bonds is 6. The van der Waals surface area contributed by atoms with Gasteiger partial charge >= 0.3 is 0 Å². The minimum atomic E-state index is -0.245. The van der Waals surface area contributed by atoms with Gasteiger partial charge in [-0.15, -0.1) is 22.7 Å². The van der Waals surface area contributed by atoms with Crippen molar-refractivity contribution < 1.29 is 14.3 Å². The minimum Gasteiger partial charge on any atom is -0.497 e. The Morgan fingerprint density at radius 1 is 1.20 bits per heavy atom. The summed E-state index contributed by atoms with van der Waals surface area (Å²) in [6, 6.07) is 9.39. The SMILES string of the molecule is COc1ccc(/C=C/C(=O)Nc2nc(-c3cccs3)cs2)c(OC)c1. The molecule has 128 valence electrons. The molecule has 0 atom stereocenters. The average molecular weight is 372 g/mol. The van der Waals surface area contributed by atoms with Crippen LogP contribution in [0.5, 0.6) is 11.5 Å². The molecule has 0 saturated carbocycles. The first kappa shape index (κ1) is 17.2. The van der Waals surface area contributed by atoms with Gasteiger partial charge in [0.05, 0.1) is 24.8 Å². The number of benzene rings is 1. The number of nitrogens with zero attached hydrogens (tertiary/aromatic N) is 1. The summed E-state index contributed by atoms with van der Waals surface area (Å²) >= 11 is 3.02. The smallest absolute Gasteiger partial charge is 0.250 e. The van der Waals surface area contributed by atoms with Gasteiger partial charge in [0.2, 0.25) is 5.91 Å². The molecule has 1 N–H and O–H groups in total. The first-order chi connectivity index (χ1) is 12.2. The van der Waals surface area contributed by atoms with Crippen molar-refractivity contribution >= 4 is 39.8 Å². The number of amides is 1. The lowest BCUT2D eigenvalue weighted by atomic mass is 10.1. The molecular weight excluding hydrogens is 356 g/mol. The summed E-state index contributed by atoms with van der Waals surface area (Å²) in [6.07, 6.45) is 3.15. The highest BCUT2D eigenvalue weighted by molar-refractivity contribution is 7.16. The van der Waals surface area contributed by atoms with Crippen LogP contribution in [-0.4, -0.2) is 25.1 Å². The lowest BCUT2D eigenvalue weighted by Crippen LogP contribution is -2.07. The van der Waals surface area contributed by atoms with Crippen LogP contribution in [-0.2, 0) is 4.79 Å². The summed E-state index contributed by atoms with van der Waals surface area (Å²) in [5, 5.41) is 7.27. The number of ether oxygens (including phenoxy) is 2. The fraction of sp³-hybridized carbons (Fsp3) is 0.111. The summed E-state index contributed by atoms with van der Waals surface area (Å²) in [5.74, 6) is 1.09. The number of hydrogen-bond acceptors (Lipinski definition) is 6. The molecule has 0 aliphatic rings. The van der Waals surface area contributed by atoms with Gasteiger partial charge in [0, 0.05) is 23.1 Å². The molecule has 7 heteroatoms. The Balaban J connectivity index is 1.67. The van der Waals surface area contributed by atoms with Crippen LogP contribution in [0.3, 0.4) is 0 Å². The summed E-state index contributed by atoms with van der Waals surface area (Å²) in [6.45, 7) is 0. The van der Waals surface area contributed by atoms with Gasteiger partial charge in [0.15, 0.2) is 5.13 Å². The van der Waals surface area contributed by atoms with E-state index in [9.17, 15) is 4.79 Å². The van der Waals surface area contributed by atoms with Crippen LogP contribution in [0.4, 0.5) is 5.13 Å². The number of anilines is 1. The number of carbonyl (C=O) groups excluding carboxylic acids is 1. The maximum absolute atomic E-state index is 12.1. The van der Waals surface area contributed by atoms with Crippen molar-refractivity contribution in [2.75, 3.05) is 19.5 Å². The van der Waals surface area contributed by atoms with Crippen LogP contribution < -0.4 is 14.8 Å². The van der Waals surface area contributed by atoms with Crippen molar-refractivity contribution in [1.29, 1.82) is 0 Å². The number of carbonyl (C=O) groups is 1. The highest BCUT2D eigenvalue weighted by Gasteiger charge is 2.07. The molecule has 2 heterocycles. The Hall–Kier alpha value is -2.64. The predicted molar refractivity (Wildman–Crippen MR) is 103 cm³/mol. The van der Waals surface area contributed by atoms with E-state index >= 15 is 0 Å². The lowest BCUT2D eigenvalue weighted by Gasteiger charge is -2.07. The van der Waals surface area contributed by atoms with Crippen LogP contribution >= 0.6 is 22.7 Å². The zero-order chi connectivity index (χ0) is 17.6. The highest BCUT2D eigenvalue weighted by Crippen LogP contribution is 2.28. The van der Waals surface area contributed by atoms with Gasteiger partial charge in [-0.2, -0.15) is 0 Å². The van der Waals surface area contributed by atoms with E-state index in [-0.39, 0.29) is 5.91 Å². The van der Waals surface area contributed by atoms with E-state index in [4.69, 9.17) is 9.47 Å². The van der Waals surface area contributed by atoms with E-state index in [0.717, 1.165) is 16.1 Å². The molecule has 3 rings (SSSR count). The first-order valence-electron chi connectivity index (χ1n) is 7.40. The largest absolute Gasteiger partial charge is 0.497 e. The molecule has 1 aromatic carbocycles. The van der Waals surface area contributed by atoms with Gasteiger partial charge in [0.25, 0.3) is 0 Å². The third-order valence-electron chi connectivity index (χ3n) is 3.36. The molecule has 0 unspecified atom stereocenters. The van der Waals surface area contributed by atoms with Gasteiger partial charge in [-0.3, -0.25) is 10.1 Å². The van der Waals surface area contributed by atoms with Crippen molar-refractivity contribution in [1.82, 2.24) is 4.98 Å². The van der Waals surface area contributed by atoms with Crippen LogP contribution in [0.1, 0.15) is 5.56 Å². The molecule has 2 aromatic heterocycles. The zero-order valence-electron chi connectivity index (χ0n) is 13.7. The maximum Gasteiger partial charge on any atom is 0.250 e. The van der Waals surface area contributed by atoms with E-state index in [1.165, 1.54) is 17.4 Å². The second-order valence-electron chi connectivity index (χ2n) is 4.95. The van der Waals surface area contributed by atoms with Crippen molar-refractivity contribution in [3.8, 4) is 22.1 Å². The minimum absolute atomic E-state index is 0.245. The van der Waals surface area contributed by atoms with Gasteiger partial charge in [-0.05, 0) is 29.7 Å². The standard InChI is InChI=1S/C18H16N2O3S2/c1-22-13-7-5-12(15(10-13)23-2)6-8-17(21)20-18-19-14(11-25-18)16-4-3-9-24-16/h3-11H,1-2H3,(H,19,20,21)/b8-6+. The normalized spacial score (nSPS) is 10.8. The third kappa shape index (κ3) is 4.26. The van der Waals surface area contributed by atoms with Crippen LogP contribution in [0.15, 0.2) is 47.2 Å². The summed E-state index contributed by atoms with van der Waals surface area (Å²) in [5.41, 5.74) is 1.66. The topological polar surface area (TPSA) is 60.5 Å². The van der Waals surface area contributed by atoms with Gasteiger partial charge in [0.1, 0.15) is 11.5 Å². The fourth-order valence-electron chi connectivity index (χ4n) is 2.14. The number of aromatic nitrogens is 1. The van der Waals surface area contributed by atoms with Gasteiger partial charge in [-0.25, -0.2) is 4.98 Å². The molecule has 3 aromatic rings. The molecule has 0 fully saturated rings. The molecule has 0 spiro atoms. The molecule has 5 nitrogen and oxygen atoms in total. The zero-order valence-corrected chi connectivity index (χ0v) is 15.3. The predicted octanol–water partition coefficient (Wildman–Crippen LogP) is 4.54. The fourth-order valence-corrected chi connectivity index (χ4v) is 3.61. The van der Waals surface area contributed by atoms with Gasteiger partial charge in [-0.1, -0.05) is 6.07 Å². The number of thiophene rings is 1. The molecule has 0 aliphatic carbocycles. The van der Waals surface area contributed by atoms with Crippen LogP contribution in [0, 0.1) is 0 Å². The van der Waals surface area contributed by atoms with Crippen molar-refractivity contribution in [2.45, 2.75) is 0 Å². The third-order valence-corrected chi connectivity index (χ3v) is 5.01. The number of thiazole rings is 1. The molecule has 0 radical (unpaired) electrons. The van der Waals surface area contributed by atoms with Crippen LogP contribution in [0.2, 0.25) is 0 Å². The second-order valence-corrected chi connectivity index (χ2v) is 6.75. The summed E-state index contributed by atoms with van der Waals surface area (Å²) in [4.78, 5) is 17.6. The van der Waals surface area contributed by atoms with E-state index in [1.54, 1.807) is 37.7 Å². The molecular formula is C18H16N2O3S2. The van der Waals surface area contributed by atoms with Crippen molar-refractivity contribution in [3.05, 3.63) is 52.7 Å². The summed E-state index contributed by atoms with van der Waals surface area (Å²) in [7, 11) is 3.17. The molecule has 0 bridgehead atoms. The quantitative estimate of drug-likeness (QED) is 0.645. The highest BCUT2D eigenvalue weighted by atomic mass is 32.1. The second kappa shape index (κ2) is 7.96. The monoisotopic (exact) mass is 372 g/mol. The Kier molecular flexibility index (Phi) is 5.47. The Labute approximate surface area is 153 Å². The molecule has 1 amide bonds. The number of methoxy groups -OCH3 is 2. The van der Waals surface area contributed by atoms with Crippen molar-refractivity contribution in [3.63, 3.8) is 0 Å². The summed E-state index contributed by atoms with van der Waals surface area (Å²) < 4.78 is 10.5. The Morgan fingerprint density at radius 2 is 2.08 bits per heavy atom. The van der Waals surface area contributed by atoms with Crippen molar-refractivity contribution in [2.24, 2.45) is 0 Å². The van der Waals surface area contributed by atoms with E-state index in [2.05, 4.69) is 10.3 Å². The first-order valence-corrected chi connectivity index (χ1v) is 9.16. The number of hydrogen-bond donors (Lipinski definition) is 1. The molecule has 25 heavy (non-hydrogen) atoms. The molecule has 0 saturated heterocycles. The Morgan fingerprint density at radius 3 is 2.80 bits per heavy atom. The molecule has 0 aliphatic heterocycles. The van der Waals surface area contributed by atoms with E-state index in [1.807, 2.05) is 35.0 Å². The van der Waals surface area contributed by atoms with Gasteiger partial charge < -0.3 is 9.47 Å². The van der Waals surface area contributed by atoms with E-state index < -0.39 is 0 Å². The Bertz CT molecular complexity index is 886.